The van der Waals surface area contributed by atoms with Crippen LogP contribution in [-0.4, -0.2) is 25.5 Å². The normalized spacial score (nSPS) is 11.0. The van der Waals surface area contributed by atoms with E-state index in [1.165, 1.54) is 0 Å². The van der Waals surface area contributed by atoms with E-state index in [2.05, 4.69) is 15.5 Å². The van der Waals surface area contributed by atoms with Crippen molar-refractivity contribution in [3.8, 4) is 0 Å². The molecular weight excluding hydrogens is 390 g/mol. The van der Waals surface area contributed by atoms with Gasteiger partial charge in [-0.15, -0.1) is 0 Å². The number of aromatic nitrogens is 4. The van der Waals surface area contributed by atoms with Gasteiger partial charge in [-0.05, 0) is 49.7 Å². The Balaban J connectivity index is 1.47. The fourth-order valence-corrected chi connectivity index (χ4v) is 3.23. The number of furan rings is 1. The number of benzene rings is 1. The van der Waals surface area contributed by atoms with E-state index in [-0.39, 0.29) is 11.7 Å². The molecule has 0 aliphatic carbocycles. The number of nitrogens with zero attached hydrogens (tertiary/aromatic N) is 4. The van der Waals surface area contributed by atoms with E-state index < -0.39 is 0 Å². The topological polar surface area (TPSA) is 77.9 Å². The molecule has 3 heterocycles. The van der Waals surface area contributed by atoms with Gasteiger partial charge in [-0.2, -0.15) is 10.2 Å². The van der Waals surface area contributed by atoms with Gasteiger partial charge < -0.3 is 9.73 Å². The van der Waals surface area contributed by atoms with E-state index in [4.69, 9.17) is 16.0 Å². The molecule has 3 aromatic heterocycles. The predicted octanol–water partition coefficient (Wildman–Crippen LogP) is 4.29. The van der Waals surface area contributed by atoms with E-state index in [1.807, 2.05) is 55.1 Å². The van der Waals surface area contributed by atoms with Crippen molar-refractivity contribution in [2.75, 3.05) is 5.32 Å². The predicted molar refractivity (Wildman–Crippen MR) is 110 cm³/mol. The maximum absolute atomic E-state index is 12.7. The molecule has 148 valence electrons. The summed E-state index contributed by atoms with van der Waals surface area (Å²) in [5, 5.41) is 12.3. The average molecular weight is 410 g/mol. The van der Waals surface area contributed by atoms with Crippen LogP contribution in [0.1, 0.15) is 33.3 Å². The van der Waals surface area contributed by atoms with Gasteiger partial charge in [-0.1, -0.05) is 23.7 Å². The van der Waals surface area contributed by atoms with Crippen molar-refractivity contribution in [3.05, 3.63) is 88.4 Å². The fraction of sp³-hybridized carbons (Fsp3) is 0.190. The van der Waals surface area contributed by atoms with E-state index in [1.54, 1.807) is 23.0 Å². The van der Waals surface area contributed by atoms with Crippen LogP contribution in [0.2, 0.25) is 5.02 Å². The zero-order valence-electron chi connectivity index (χ0n) is 16.1. The van der Waals surface area contributed by atoms with Gasteiger partial charge in [0.25, 0.3) is 5.91 Å². The minimum absolute atomic E-state index is 0.247. The number of halogens is 1. The van der Waals surface area contributed by atoms with Crippen molar-refractivity contribution in [1.29, 1.82) is 0 Å². The molecule has 0 radical (unpaired) electrons. The second-order valence-electron chi connectivity index (χ2n) is 6.75. The summed E-state index contributed by atoms with van der Waals surface area (Å²) < 4.78 is 9.26. The third kappa shape index (κ3) is 4.25. The van der Waals surface area contributed by atoms with Crippen molar-refractivity contribution in [2.24, 2.45) is 0 Å². The lowest BCUT2D eigenvalue weighted by atomic mass is 10.2. The zero-order chi connectivity index (χ0) is 20.4. The molecule has 0 saturated carbocycles. The molecule has 1 N–H and O–H groups in total. The Hall–Kier alpha value is -3.32. The minimum atomic E-state index is -0.311. The molecule has 0 unspecified atom stereocenters. The minimum Gasteiger partial charge on any atom is -0.454 e. The number of nitrogens with one attached hydrogen (secondary N) is 1. The van der Waals surface area contributed by atoms with Crippen LogP contribution in [0.4, 0.5) is 5.69 Å². The standard InChI is InChI=1S/C21H20ClN5O2/c1-14-20(15(2)27(25-14)12-16-4-6-17(22)7-5-16)24-21(28)19-9-8-18(29-19)13-26-11-3-10-23-26/h3-11H,12-13H2,1-2H3,(H,24,28). The summed E-state index contributed by atoms with van der Waals surface area (Å²) >= 11 is 5.95. The number of rotatable bonds is 6. The third-order valence-electron chi connectivity index (χ3n) is 4.63. The molecule has 0 aliphatic heterocycles. The molecule has 4 aromatic rings. The molecule has 0 saturated heterocycles. The van der Waals surface area contributed by atoms with Crippen LogP contribution < -0.4 is 5.32 Å². The molecule has 7 nitrogen and oxygen atoms in total. The van der Waals surface area contributed by atoms with Gasteiger partial charge in [0.2, 0.25) is 0 Å². The van der Waals surface area contributed by atoms with Crippen LogP contribution in [0, 0.1) is 13.8 Å². The van der Waals surface area contributed by atoms with Gasteiger partial charge in [0.05, 0.1) is 30.2 Å². The Morgan fingerprint density at radius 1 is 1.14 bits per heavy atom. The molecular formula is C21H20ClN5O2. The first-order valence-electron chi connectivity index (χ1n) is 9.15. The fourth-order valence-electron chi connectivity index (χ4n) is 3.11. The Kier molecular flexibility index (Phi) is 5.22. The number of carbonyl (C=O) groups is 1. The quantitative estimate of drug-likeness (QED) is 0.515. The van der Waals surface area contributed by atoms with E-state index in [0.717, 1.165) is 17.0 Å². The zero-order valence-corrected chi connectivity index (χ0v) is 16.8. The number of amides is 1. The Bertz CT molecular complexity index is 1130. The number of aryl methyl sites for hydroxylation is 1. The largest absolute Gasteiger partial charge is 0.454 e. The van der Waals surface area contributed by atoms with E-state index in [9.17, 15) is 4.79 Å². The molecule has 8 heteroatoms. The second kappa shape index (κ2) is 7.97. The average Bonchev–Trinajstić information content (AvgIpc) is 3.43. The Morgan fingerprint density at radius 3 is 2.66 bits per heavy atom. The number of hydrogen-bond acceptors (Lipinski definition) is 4. The van der Waals surface area contributed by atoms with Gasteiger partial charge in [-0.25, -0.2) is 0 Å². The molecule has 29 heavy (non-hydrogen) atoms. The summed E-state index contributed by atoms with van der Waals surface area (Å²) in [5.41, 5.74) is 3.38. The van der Waals surface area contributed by atoms with Gasteiger partial charge in [-0.3, -0.25) is 14.2 Å². The number of hydrogen-bond donors (Lipinski definition) is 1. The van der Waals surface area contributed by atoms with Crippen molar-refractivity contribution in [2.45, 2.75) is 26.9 Å². The summed E-state index contributed by atoms with van der Waals surface area (Å²) in [6.07, 6.45) is 3.54. The monoisotopic (exact) mass is 409 g/mol. The van der Waals surface area contributed by atoms with Crippen molar-refractivity contribution < 1.29 is 9.21 Å². The molecule has 0 bridgehead atoms. The molecule has 0 aliphatic rings. The summed E-state index contributed by atoms with van der Waals surface area (Å²) in [7, 11) is 0. The van der Waals surface area contributed by atoms with E-state index >= 15 is 0 Å². The molecule has 1 amide bonds. The highest BCUT2D eigenvalue weighted by molar-refractivity contribution is 6.30. The Labute approximate surface area is 172 Å². The molecule has 0 atom stereocenters. The molecule has 1 aromatic carbocycles. The van der Waals surface area contributed by atoms with Crippen LogP contribution in [0.5, 0.6) is 0 Å². The first-order valence-corrected chi connectivity index (χ1v) is 9.53. The highest BCUT2D eigenvalue weighted by Gasteiger charge is 2.18. The first kappa shape index (κ1) is 19.0. The van der Waals surface area contributed by atoms with Gasteiger partial charge in [0.15, 0.2) is 5.76 Å². The summed E-state index contributed by atoms with van der Waals surface area (Å²) in [6.45, 7) is 4.86. The van der Waals surface area contributed by atoms with Crippen molar-refractivity contribution >= 4 is 23.2 Å². The van der Waals surface area contributed by atoms with Crippen LogP contribution in [0.15, 0.2) is 59.3 Å². The second-order valence-corrected chi connectivity index (χ2v) is 7.19. The number of carbonyl (C=O) groups excluding carboxylic acids is 1. The molecule has 0 fully saturated rings. The first-order chi connectivity index (χ1) is 14.0. The summed E-state index contributed by atoms with van der Waals surface area (Å²) in [5.74, 6) is 0.594. The number of anilines is 1. The van der Waals surface area contributed by atoms with Crippen molar-refractivity contribution in [1.82, 2.24) is 19.6 Å². The summed E-state index contributed by atoms with van der Waals surface area (Å²) in [6, 6.07) is 12.9. The lowest BCUT2D eigenvalue weighted by molar-refractivity contribution is 0.0994. The van der Waals surface area contributed by atoms with Gasteiger partial charge >= 0.3 is 0 Å². The molecule has 4 rings (SSSR count). The third-order valence-corrected chi connectivity index (χ3v) is 4.88. The van der Waals surface area contributed by atoms with Crippen LogP contribution in [0.3, 0.4) is 0 Å². The Morgan fingerprint density at radius 2 is 1.93 bits per heavy atom. The highest BCUT2D eigenvalue weighted by Crippen LogP contribution is 2.22. The maximum Gasteiger partial charge on any atom is 0.291 e. The van der Waals surface area contributed by atoms with Gasteiger partial charge in [0, 0.05) is 17.4 Å². The smallest absolute Gasteiger partial charge is 0.291 e. The van der Waals surface area contributed by atoms with Crippen LogP contribution in [-0.2, 0) is 13.1 Å². The van der Waals surface area contributed by atoms with E-state index in [0.29, 0.717) is 29.6 Å². The molecule has 0 spiro atoms. The lowest BCUT2D eigenvalue weighted by Gasteiger charge is -2.07. The van der Waals surface area contributed by atoms with Gasteiger partial charge in [0.1, 0.15) is 5.76 Å². The van der Waals surface area contributed by atoms with Crippen molar-refractivity contribution in [3.63, 3.8) is 0 Å². The maximum atomic E-state index is 12.7. The highest BCUT2D eigenvalue weighted by atomic mass is 35.5. The summed E-state index contributed by atoms with van der Waals surface area (Å²) in [4.78, 5) is 12.7. The van der Waals surface area contributed by atoms with Crippen LogP contribution in [0.25, 0.3) is 0 Å². The lowest BCUT2D eigenvalue weighted by Crippen LogP contribution is -2.12. The SMILES string of the molecule is Cc1nn(Cc2ccc(Cl)cc2)c(C)c1NC(=O)c1ccc(Cn2cccn2)o1. The van der Waals surface area contributed by atoms with Crippen LogP contribution >= 0.6 is 11.6 Å².